The van der Waals surface area contributed by atoms with Gasteiger partial charge in [0.2, 0.25) is 0 Å². The summed E-state index contributed by atoms with van der Waals surface area (Å²) in [6.45, 7) is 3.37. The molecule has 12 nitrogen and oxygen atoms in total. The van der Waals surface area contributed by atoms with Crippen molar-refractivity contribution in [3.63, 3.8) is 0 Å². The summed E-state index contributed by atoms with van der Waals surface area (Å²) < 4.78 is 32.8. The Hall–Kier alpha value is -1.66. The normalized spacial score (nSPS) is 19.3. The second kappa shape index (κ2) is 34.2. The Bertz CT molecular complexity index is 1090. The Morgan fingerprint density at radius 2 is 1.29 bits per heavy atom. The van der Waals surface area contributed by atoms with E-state index in [2.05, 4.69) is 13.8 Å². The highest BCUT2D eigenvalue weighted by Crippen LogP contribution is 2.43. The molecule has 0 aromatic rings. The number of ether oxygens (including phenoxy) is 2. The van der Waals surface area contributed by atoms with E-state index < -0.39 is 50.6 Å². The number of Topliss-reactive ketones (excluding diaryl/α,β-unsaturated/α-hetero) is 1. The first-order valence-corrected chi connectivity index (χ1v) is 23.8. The maximum Gasteiger partial charge on any atom is 0.472 e. The number of unbranched alkanes of at least 4 members (excludes halogenated alkanes) is 19. The lowest BCUT2D eigenvalue weighted by Crippen LogP contribution is -2.29. The summed E-state index contributed by atoms with van der Waals surface area (Å²) in [5.41, 5.74) is 5.34. The molecule has 0 aromatic carbocycles. The molecule has 328 valence electrons. The van der Waals surface area contributed by atoms with Crippen molar-refractivity contribution in [1.29, 1.82) is 0 Å². The standard InChI is InChI=1S/C43H80NO11P/c1-3-5-7-8-9-10-11-12-13-14-15-16-17-18-23-27-42(48)52-34-37(35-54-56(50,51)53-32-31-44)55-43(49)28-24-20-19-22-26-38-39(41(47)33-40(38)46)30-29-36(45)25-21-6-4-2/h29-30,36-40,45-46H,3-28,31-35,44H2,1-2H3,(H,50,51)/b30-29+/t36-,37+,38+,39+,40-/m0/s1. The number of carbonyl (C=O) groups is 3. The van der Waals surface area contributed by atoms with E-state index in [1.807, 2.05) is 0 Å². The van der Waals surface area contributed by atoms with Crippen LogP contribution in [0.3, 0.4) is 0 Å². The van der Waals surface area contributed by atoms with Crippen LogP contribution in [0.5, 0.6) is 0 Å². The van der Waals surface area contributed by atoms with Crippen LogP contribution in [0.2, 0.25) is 0 Å². The molecule has 6 atom stereocenters. The van der Waals surface area contributed by atoms with Crippen LogP contribution in [0.4, 0.5) is 0 Å². The highest BCUT2D eigenvalue weighted by Gasteiger charge is 2.39. The molecule has 0 heterocycles. The van der Waals surface area contributed by atoms with E-state index in [0.29, 0.717) is 25.7 Å². The molecule has 5 N–H and O–H groups in total. The minimum Gasteiger partial charge on any atom is -0.462 e. The van der Waals surface area contributed by atoms with E-state index in [0.717, 1.165) is 57.8 Å². The Morgan fingerprint density at radius 1 is 0.768 bits per heavy atom. The molecule has 1 unspecified atom stereocenters. The van der Waals surface area contributed by atoms with Gasteiger partial charge in [0.1, 0.15) is 12.4 Å². The summed E-state index contributed by atoms with van der Waals surface area (Å²) in [6, 6.07) is 0. The van der Waals surface area contributed by atoms with Gasteiger partial charge in [-0.15, -0.1) is 0 Å². The van der Waals surface area contributed by atoms with Gasteiger partial charge in [-0.3, -0.25) is 23.4 Å². The Kier molecular flexibility index (Phi) is 32.0. The fourth-order valence-corrected chi connectivity index (χ4v) is 7.95. The molecule has 1 aliphatic rings. The van der Waals surface area contributed by atoms with E-state index in [1.165, 1.54) is 70.6 Å². The quantitative estimate of drug-likeness (QED) is 0.0200. The van der Waals surface area contributed by atoms with Crippen molar-refractivity contribution in [3.8, 4) is 0 Å². The number of phosphoric acid groups is 1. The van der Waals surface area contributed by atoms with Crippen molar-refractivity contribution in [1.82, 2.24) is 0 Å². The minimum atomic E-state index is -4.44. The third-order valence-corrected chi connectivity index (χ3v) is 11.5. The summed E-state index contributed by atoms with van der Waals surface area (Å²) >= 11 is 0. The molecule has 0 radical (unpaired) electrons. The van der Waals surface area contributed by atoms with Crippen LogP contribution in [0, 0.1) is 11.8 Å². The largest absolute Gasteiger partial charge is 0.472 e. The molecule has 1 saturated carbocycles. The van der Waals surface area contributed by atoms with Crippen LogP contribution < -0.4 is 5.73 Å². The van der Waals surface area contributed by atoms with E-state index in [4.69, 9.17) is 24.3 Å². The van der Waals surface area contributed by atoms with E-state index >= 15 is 0 Å². The fraction of sp³-hybridized carbons (Fsp3) is 0.884. The molecule has 13 heteroatoms. The van der Waals surface area contributed by atoms with Gasteiger partial charge in [0.05, 0.1) is 25.4 Å². The molecule has 0 aliphatic heterocycles. The number of esters is 2. The first-order chi connectivity index (χ1) is 27.0. The van der Waals surface area contributed by atoms with Gasteiger partial charge in [-0.25, -0.2) is 4.57 Å². The predicted octanol–water partition coefficient (Wildman–Crippen LogP) is 9.20. The molecule has 1 fully saturated rings. The summed E-state index contributed by atoms with van der Waals surface area (Å²) in [4.78, 5) is 47.6. The van der Waals surface area contributed by atoms with Gasteiger partial charge in [0.15, 0.2) is 6.10 Å². The van der Waals surface area contributed by atoms with Crippen LogP contribution in [0.15, 0.2) is 12.2 Å². The van der Waals surface area contributed by atoms with Crippen molar-refractivity contribution < 1.29 is 52.6 Å². The van der Waals surface area contributed by atoms with Gasteiger partial charge < -0.3 is 30.3 Å². The number of phosphoric ester groups is 1. The van der Waals surface area contributed by atoms with Crippen LogP contribution in [0.25, 0.3) is 0 Å². The zero-order chi connectivity index (χ0) is 41.3. The highest BCUT2D eigenvalue weighted by molar-refractivity contribution is 7.47. The number of rotatable bonds is 38. The second-order valence-corrected chi connectivity index (χ2v) is 17.2. The first kappa shape index (κ1) is 52.4. The van der Waals surface area contributed by atoms with Crippen molar-refractivity contribution in [2.75, 3.05) is 26.4 Å². The number of aliphatic hydroxyl groups is 2. The molecule has 1 rings (SSSR count). The van der Waals surface area contributed by atoms with Gasteiger partial charge in [-0.05, 0) is 31.6 Å². The van der Waals surface area contributed by atoms with Gasteiger partial charge in [-0.1, -0.05) is 154 Å². The zero-order valence-corrected chi connectivity index (χ0v) is 36.0. The zero-order valence-electron chi connectivity index (χ0n) is 35.1. The average molecular weight is 818 g/mol. The SMILES string of the molecule is CCCCCCCCCCCCCCCCCC(=O)OC[C@H](COP(=O)(O)OCCN)OC(=O)CCCCCC[C@H]1[C@@H](O)CC(=O)[C@@H]1/C=C/[C@@H](O)CCCCC. The van der Waals surface area contributed by atoms with Crippen molar-refractivity contribution in [2.24, 2.45) is 17.6 Å². The topological polar surface area (TPSA) is 192 Å². The van der Waals surface area contributed by atoms with E-state index in [1.54, 1.807) is 12.2 Å². The lowest BCUT2D eigenvalue weighted by atomic mass is 9.88. The molecule has 0 saturated heterocycles. The molecule has 0 amide bonds. The number of carbonyl (C=O) groups excluding carboxylic acids is 3. The monoisotopic (exact) mass is 818 g/mol. The van der Waals surface area contributed by atoms with Crippen LogP contribution in [-0.4, -0.2) is 77.5 Å². The average Bonchev–Trinajstić information content (AvgIpc) is 3.44. The summed E-state index contributed by atoms with van der Waals surface area (Å²) in [7, 11) is -4.44. The third kappa shape index (κ3) is 27.9. The van der Waals surface area contributed by atoms with Crippen LogP contribution >= 0.6 is 7.82 Å². The number of nitrogens with two attached hydrogens (primary N) is 1. The first-order valence-electron chi connectivity index (χ1n) is 22.3. The minimum absolute atomic E-state index is 0.0000143. The summed E-state index contributed by atoms with van der Waals surface area (Å²) in [6.07, 6.45) is 27.1. The molecule has 56 heavy (non-hydrogen) atoms. The van der Waals surface area contributed by atoms with E-state index in [-0.39, 0.29) is 50.7 Å². The smallest absolute Gasteiger partial charge is 0.462 e. The van der Waals surface area contributed by atoms with E-state index in [9.17, 15) is 34.1 Å². The number of hydrogen-bond donors (Lipinski definition) is 4. The Labute approximate surface area is 339 Å². The van der Waals surface area contributed by atoms with Gasteiger partial charge in [0.25, 0.3) is 0 Å². The number of allylic oxidation sites excluding steroid dienone is 1. The van der Waals surface area contributed by atoms with Crippen LogP contribution in [-0.2, 0) is 37.5 Å². The second-order valence-electron chi connectivity index (χ2n) is 15.7. The molecule has 0 bridgehead atoms. The lowest BCUT2D eigenvalue weighted by molar-refractivity contribution is -0.161. The van der Waals surface area contributed by atoms with Gasteiger partial charge >= 0.3 is 19.8 Å². The maximum atomic E-state index is 12.7. The number of ketones is 1. The number of aliphatic hydroxyl groups excluding tert-OH is 2. The van der Waals surface area contributed by atoms with Crippen molar-refractivity contribution in [3.05, 3.63) is 12.2 Å². The van der Waals surface area contributed by atoms with Crippen molar-refractivity contribution >= 4 is 25.5 Å². The summed E-state index contributed by atoms with van der Waals surface area (Å²) in [5, 5.41) is 20.8. The molecular formula is C43H80NO11P. The predicted molar refractivity (Wildman–Crippen MR) is 221 cm³/mol. The molecule has 0 spiro atoms. The molecular weight excluding hydrogens is 737 g/mol. The maximum absolute atomic E-state index is 12.7. The number of hydrogen-bond acceptors (Lipinski definition) is 11. The molecule has 0 aromatic heterocycles. The van der Waals surface area contributed by atoms with Gasteiger partial charge in [0, 0.05) is 31.7 Å². The Balaban J connectivity index is 2.36. The third-order valence-electron chi connectivity index (χ3n) is 10.6. The van der Waals surface area contributed by atoms with Crippen molar-refractivity contribution in [2.45, 2.75) is 206 Å². The molecule has 1 aliphatic carbocycles. The van der Waals surface area contributed by atoms with Crippen LogP contribution in [0.1, 0.15) is 187 Å². The fourth-order valence-electron chi connectivity index (χ4n) is 7.19. The van der Waals surface area contributed by atoms with Gasteiger partial charge in [-0.2, -0.15) is 0 Å². The Morgan fingerprint density at radius 3 is 1.86 bits per heavy atom. The summed E-state index contributed by atoms with van der Waals surface area (Å²) in [5.74, 6) is -1.56. The lowest BCUT2D eigenvalue weighted by Gasteiger charge is -2.20. The highest BCUT2D eigenvalue weighted by atomic mass is 31.2.